The topological polar surface area (TPSA) is 27.7 Å². The van der Waals surface area contributed by atoms with Gasteiger partial charge < -0.3 is 14.2 Å². The summed E-state index contributed by atoms with van der Waals surface area (Å²) in [5, 5.41) is 0. The summed E-state index contributed by atoms with van der Waals surface area (Å²) < 4.78 is 15.5. The van der Waals surface area contributed by atoms with E-state index in [2.05, 4.69) is 0 Å². The van der Waals surface area contributed by atoms with E-state index in [1.807, 2.05) is 46.8 Å². The molecule has 0 amide bonds. The van der Waals surface area contributed by atoms with Gasteiger partial charge in [-0.25, -0.2) is 0 Å². The van der Waals surface area contributed by atoms with Gasteiger partial charge in [0.2, 0.25) is 5.75 Å². The van der Waals surface area contributed by atoms with Crippen molar-refractivity contribution in [2.45, 2.75) is 34.6 Å². The van der Waals surface area contributed by atoms with Gasteiger partial charge in [-0.3, -0.25) is 0 Å². The quantitative estimate of drug-likeness (QED) is 0.799. The molecule has 0 heterocycles. The fraction of sp³-hybridized carbons (Fsp3) is 0.571. The van der Waals surface area contributed by atoms with Crippen LogP contribution in [0, 0.1) is 6.92 Å². The standard InChI is InChI=1S/C10H14O3.2C2H6/c1-7-5-8(11-2)10(13-4)9(6-7)12-3;2*1-2/h5-6H,1-4H3;2*1-2H3. The molecular weight excluding hydrogens is 216 g/mol. The maximum atomic E-state index is 5.16. The first-order valence-corrected chi connectivity index (χ1v) is 5.99. The highest BCUT2D eigenvalue weighted by Gasteiger charge is 2.10. The van der Waals surface area contributed by atoms with Crippen LogP contribution in [0.5, 0.6) is 17.2 Å². The van der Waals surface area contributed by atoms with Crippen molar-refractivity contribution in [1.82, 2.24) is 0 Å². The largest absolute Gasteiger partial charge is 0.493 e. The van der Waals surface area contributed by atoms with E-state index in [4.69, 9.17) is 14.2 Å². The van der Waals surface area contributed by atoms with Crippen LogP contribution in [0.25, 0.3) is 0 Å². The van der Waals surface area contributed by atoms with Gasteiger partial charge in [-0.15, -0.1) is 0 Å². The molecule has 0 atom stereocenters. The second-order valence-corrected chi connectivity index (χ2v) is 2.70. The molecule has 0 bridgehead atoms. The summed E-state index contributed by atoms with van der Waals surface area (Å²) in [6.07, 6.45) is 0. The van der Waals surface area contributed by atoms with Crippen molar-refractivity contribution in [2.75, 3.05) is 21.3 Å². The lowest BCUT2D eigenvalue weighted by molar-refractivity contribution is 0.324. The zero-order valence-corrected chi connectivity index (χ0v) is 12.4. The lowest BCUT2D eigenvalue weighted by Crippen LogP contribution is -1.95. The van der Waals surface area contributed by atoms with Crippen LogP contribution in [0.1, 0.15) is 33.3 Å². The minimum Gasteiger partial charge on any atom is -0.493 e. The second kappa shape index (κ2) is 11.1. The molecule has 1 aromatic rings. The highest BCUT2D eigenvalue weighted by atomic mass is 16.5. The molecule has 1 rings (SSSR count). The van der Waals surface area contributed by atoms with E-state index < -0.39 is 0 Å². The molecule has 100 valence electrons. The van der Waals surface area contributed by atoms with E-state index in [1.165, 1.54) is 0 Å². The van der Waals surface area contributed by atoms with Gasteiger partial charge in [-0.2, -0.15) is 0 Å². The normalized spacial score (nSPS) is 8.00. The van der Waals surface area contributed by atoms with Gasteiger partial charge in [0, 0.05) is 0 Å². The van der Waals surface area contributed by atoms with Gasteiger partial charge in [-0.05, 0) is 24.6 Å². The first kappa shape index (κ1) is 18.0. The summed E-state index contributed by atoms with van der Waals surface area (Å²) in [4.78, 5) is 0. The first-order chi connectivity index (χ1) is 8.22. The van der Waals surface area contributed by atoms with E-state index in [0.29, 0.717) is 17.2 Å². The Labute approximate surface area is 106 Å². The van der Waals surface area contributed by atoms with Gasteiger partial charge in [0.15, 0.2) is 11.5 Å². The SMILES string of the molecule is CC.CC.COc1cc(C)cc(OC)c1OC. The molecule has 0 aliphatic heterocycles. The fourth-order valence-electron chi connectivity index (χ4n) is 1.21. The van der Waals surface area contributed by atoms with E-state index in [9.17, 15) is 0 Å². The summed E-state index contributed by atoms with van der Waals surface area (Å²) in [6, 6.07) is 3.81. The van der Waals surface area contributed by atoms with Gasteiger partial charge >= 0.3 is 0 Å². The minimum absolute atomic E-state index is 0.635. The molecule has 0 saturated carbocycles. The van der Waals surface area contributed by atoms with Gasteiger partial charge in [0.05, 0.1) is 21.3 Å². The Hall–Kier alpha value is -1.38. The molecular formula is C14H26O3. The van der Waals surface area contributed by atoms with Crippen molar-refractivity contribution in [3.05, 3.63) is 17.7 Å². The molecule has 0 aliphatic carbocycles. The lowest BCUT2D eigenvalue weighted by atomic mass is 10.2. The zero-order chi connectivity index (χ0) is 13.8. The van der Waals surface area contributed by atoms with E-state index >= 15 is 0 Å². The molecule has 0 spiro atoms. The Morgan fingerprint density at radius 3 is 1.29 bits per heavy atom. The average molecular weight is 242 g/mol. The Morgan fingerprint density at radius 1 is 0.706 bits per heavy atom. The Morgan fingerprint density at radius 2 is 1.06 bits per heavy atom. The summed E-state index contributed by atoms with van der Waals surface area (Å²) in [5.74, 6) is 2.02. The predicted molar refractivity (Wildman–Crippen MR) is 73.5 cm³/mol. The third kappa shape index (κ3) is 5.48. The molecule has 3 heteroatoms. The van der Waals surface area contributed by atoms with Crippen molar-refractivity contribution < 1.29 is 14.2 Å². The Kier molecular flexibility index (Phi) is 11.8. The summed E-state index contributed by atoms with van der Waals surface area (Å²) >= 11 is 0. The molecule has 0 aliphatic rings. The Bertz CT molecular complexity index is 271. The van der Waals surface area contributed by atoms with Gasteiger partial charge in [-0.1, -0.05) is 27.7 Å². The van der Waals surface area contributed by atoms with E-state index in [-0.39, 0.29) is 0 Å². The van der Waals surface area contributed by atoms with Crippen LogP contribution >= 0.6 is 0 Å². The molecule has 0 unspecified atom stereocenters. The molecule has 0 N–H and O–H groups in total. The average Bonchev–Trinajstić information content (AvgIpc) is 2.42. The highest BCUT2D eigenvalue weighted by Crippen LogP contribution is 2.37. The van der Waals surface area contributed by atoms with Crippen LogP contribution in [-0.2, 0) is 0 Å². The van der Waals surface area contributed by atoms with Crippen LogP contribution in [0.2, 0.25) is 0 Å². The third-order valence-corrected chi connectivity index (χ3v) is 1.81. The smallest absolute Gasteiger partial charge is 0.203 e. The molecule has 17 heavy (non-hydrogen) atoms. The maximum Gasteiger partial charge on any atom is 0.203 e. The number of hydrogen-bond donors (Lipinski definition) is 0. The number of hydrogen-bond acceptors (Lipinski definition) is 3. The summed E-state index contributed by atoms with van der Waals surface area (Å²) in [6.45, 7) is 9.98. The number of methoxy groups -OCH3 is 3. The van der Waals surface area contributed by atoms with Crippen LogP contribution in [0.4, 0.5) is 0 Å². The number of ether oxygens (including phenoxy) is 3. The molecule has 0 saturated heterocycles. The van der Waals surface area contributed by atoms with E-state index in [0.717, 1.165) is 5.56 Å². The van der Waals surface area contributed by atoms with Crippen molar-refractivity contribution in [3.63, 3.8) is 0 Å². The van der Waals surface area contributed by atoms with E-state index in [1.54, 1.807) is 21.3 Å². The van der Waals surface area contributed by atoms with Crippen molar-refractivity contribution in [1.29, 1.82) is 0 Å². The number of rotatable bonds is 3. The fourth-order valence-corrected chi connectivity index (χ4v) is 1.21. The van der Waals surface area contributed by atoms with Crippen LogP contribution in [0.15, 0.2) is 12.1 Å². The lowest BCUT2D eigenvalue weighted by Gasteiger charge is -2.12. The molecule has 0 radical (unpaired) electrons. The minimum atomic E-state index is 0.635. The van der Waals surface area contributed by atoms with Crippen LogP contribution in [-0.4, -0.2) is 21.3 Å². The van der Waals surface area contributed by atoms with Crippen molar-refractivity contribution in [3.8, 4) is 17.2 Å². The monoisotopic (exact) mass is 242 g/mol. The van der Waals surface area contributed by atoms with Gasteiger partial charge in [0.25, 0.3) is 0 Å². The summed E-state index contributed by atoms with van der Waals surface area (Å²) in [5.41, 5.74) is 1.08. The third-order valence-electron chi connectivity index (χ3n) is 1.81. The maximum absolute atomic E-state index is 5.16. The Balaban J connectivity index is 0. The molecule has 0 aromatic heterocycles. The summed E-state index contributed by atoms with van der Waals surface area (Å²) in [7, 11) is 4.81. The number of benzene rings is 1. The molecule has 0 fully saturated rings. The molecule has 3 nitrogen and oxygen atoms in total. The zero-order valence-electron chi connectivity index (χ0n) is 12.4. The van der Waals surface area contributed by atoms with Crippen LogP contribution in [0.3, 0.4) is 0 Å². The number of aryl methyl sites for hydroxylation is 1. The molecule has 1 aromatic carbocycles. The first-order valence-electron chi connectivity index (χ1n) is 5.99. The van der Waals surface area contributed by atoms with Crippen molar-refractivity contribution in [2.24, 2.45) is 0 Å². The highest BCUT2D eigenvalue weighted by molar-refractivity contribution is 5.53. The van der Waals surface area contributed by atoms with Crippen molar-refractivity contribution >= 4 is 0 Å². The predicted octanol–water partition coefficient (Wildman–Crippen LogP) is 4.07. The van der Waals surface area contributed by atoms with Crippen LogP contribution < -0.4 is 14.2 Å². The second-order valence-electron chi connectivity index (χ2n) is 2.70. The van der Waals surface area contributed by atoms with Gasteiger partial charge in [0.1, 0.15) is 0 Å².